The van der Waals surface area contributed by atoms with Crippen molar-refractivity contribution in [2.24, 2.45) is 5.92 Å². The van der Waals surface area contributed by atoms with Gasteiger partial charge in [-0.3, -0.25) is 0 Å². The fourth-order valence-electron chi connectivity index (χ4n) is 2.27. The average Bonchev–Trinajstić information content (AvgIpc) is 2.61. The summed E-state index contributed by atoms with van der Waals surface area (Å²) < 4.78 is 16.4. The zero-order chi connectivity index (χ0) is 17.9. The highest BCUT2D eigenvalue weighted by atomic mass is 16.5. The van der Waals surface area contributed by atoms with Gasteiger partial charge in [-0.15, -0.1) is 0 Å². The van der Waals surface area contributed by atoms with Crippen LogP contribution in [0.3, 0.4) is 0 Å². The molecule has 4 nitrogen and oxygen atoms in total. The van der Waals surface area contributed by atoms with Crippen molar-refractivity contribution in [3.05, 3.63) is 54.1 Å². The van der Waals surface area contributed by atoms with Crippen molar-refractivity contribution in [3.8, 4) is 11.5 Å². The van der Waals surface area contributed by atoms with Crippen LogP contribution in [0, 0.1) is 5.92 Å². The molecule has 0 atom stereocenters. The molecule has 0 aliphatic heterocycles. The van der Waals surface area contributed by atoms with Gasteiger partial charge in [0.2, 0.25) is 0 Å². The minimum Gasteiger partial charge on any atom is -0.494 e. The summed E-state index contributed by atoms with van der Waals surface area (Å²) in [5, 5.41) is 3.42. The van der Waals surface area contributed by atoms with E-state index in [9.17, 15) is 0 Å². The molecule has 0 heterocycles. The first-order valence-corrected chi connectivity index (χ1v) is 8.85. The molecule has 25 heavy (non-hydrogen) atoms. The van der Waals surface area contributed by atoms with E-state index >= 15 is 0 Å². The first-order chi connectivity index (χ1) is 12.2. The Hall–Kier alpha value is -2.20. The summed E-state index contributed by atoms with van der Waals surface area (Å²) in [5.74, 6) is 2.44. The molecule has 0 spiro atoms. The Morgan fingerprint density at radius 2 is 1.64 bits per heavy atom. The predicted octanol–water partition coefficient (Wildman–Crippen LogP) is 4.75. The summed E-state index contributed by atoms with van der Waals surface area (Å²) in [5.41, 5.74) is 2.26. The van der Waals surface area contributed by atoms with Crippen molar-refractivity contribution in [1.82, 2.24) is 0 Å². The van der Waals surface area contributed by atoms with E-state index in [1.54, 1.807) is 7.11 Å². The summed E-state index contributed by atoms with van der Waals surface area (Å²) in [6.45, 7) is 7.09. The zero-order valence-corrected chi connectivity index (χ0v) is 15.5. The third-order valence-corrected chi connectivity index (χ3v) is 3.77. The van der Waals surface area contributed by atoms with Crippen LogP contribution in [-0.2, 0) is 11.3 Å². The molecule has 0 amide bonds. The number of ether oxygens (including phenoxy) is 3. The molecular formula is C21H29NO3. The maximum Gasteiger partial charge on any atom is 0.119 e. The minimum atomic E-state index is 0.562. The van der Waals surface area contributed by atoms with Crippen LogP contribution in [0.5, 0.6) is 11.5 Å². The van der Waals surface area contributed by atoms with Gasteiger partial charge in [-0.2, -0.15) is 0 Å². The number of anilines is 1. The Morgan fingerprint density at radius 3 is 2.36 bits per heavy atom. The van der Waals surface area contributed by atoms with Crippen LogP contribution in [0.1, 0.15) is 25.8 Å². The molecule has 0 saturated heterocycles. The van der Waals surface area contributed by atoms with Crippen molar-refractivity contribution in [2.75, 3.05) is 32.2 Å². The largest absolute Gasteiger partial charge is 0.494 e. The second-order valence-electron chi connectivity index (χ2n) is 6.40. The van der Waals surface area contributed by atoms with E-state index in [0.717, 1.165) is 36.8 Å². The third-order valence-electron chi connectivity index (χ3n) is 3.77. The lowest BCUT2D eigenvalue weighted by molar-refractivity contribution is 0.146. The molecule has 0 radical (unpaired) electrons. The van der Waals surface area contributed by atoms with Crippen LogP contribution in [0.2, 0.25) is 0 Å². The summed E-state index contributed by atoms with van der Waals surface area (Å²) in [7, 11) is 1.67. The lowest BCUT2D eigenvalue weighted by Gasteiger charge is -2.11. The van der Waals surface area contributed by atoms with E-state index in [2.05, 4.69) is 31.3 Å². The number of nitrogens with one attached hydrogen (secondary N) is 1. The van der Waals surface area contributed by atoms with Gasteiger partial charge in [-0.25, -0.2) is 0 Å². The molecule has 2 rings (SSSR count). The molecule has 0 aliphatic rings. The topological polar surface area (TPSA) is 39.7 Å². The second kappa shape index (κ2) is 10.6. The molecular weight excluding hydrogens is 314 g/mol. The summed E-state index contributed by atoms with van der Waals surface area (Å²) >= 11 is 0. The average molecular weight is 343 g/mol. The maximum atomic E-state index is 5.82. The second-order valence-corrected chi connectivity index (χ2v) is 6.40. The van der Waals surface area contributed by atoms with Gasteiger partial charge in [-0.05, 0) is 54.3 Å². The highest BCUT2D eigenvalue weighted by molar-refractivity contribution is 5.47. The van der Waals surface area contributed by atoms with Crippen molar-refractivity contribution in [2.45, 2.75) is 26.8 Å². The highest BCUT2D eigenvalue weighted by Crippen LogP contribution is 2.18. The Kier molecular flexibility index (Phi) is 8.13. The highest BCUT2D eigenvalue weighted by Gasteiger charge is 2.00. The van der Waals surface area contributed by atoms with E-state index in [0.29, 0.717) is 19.1 Å². The van der Waals surface area contributed by atoms with Gasteiger partial charge in [0.05, 0.1) is 13.2 Å². The Morgan fingerprint density at radius 1 is 0.880 bits per heavy atom. The fourth-order valence-corrected chi connectivity index (χ4v) is 2.27. The van der Waals surface area contributed by atoms with Gasteiger partial charge in [0, 0.05) is 19.3 Å². The van der Waals surface area contributed by atoms with Crippen LogP contribution in [0.4, 0.5) is 5.69 Å². The van der Waals surface area contributed by atoms with Gasteiger partial charge in [-0.1, -0.05) is 26.0 Å². The first kappa shape index (κ1) is 19.1. The SMILES string of the molecule is COCCOc1ccc(NCc2cccc(OCCC(C)C)c2)cc1. The summed E-state index contributed by atoms with van der Waals surface area (Å²) in [6, 6.07) is 16.2. The first-order valence-electron chi connectivity index (χ1n) is 8.85. The van der Waals surface area contributed by atoms with Crippen LogP contribution in [0.15, 0.2) is 48.5 Å². The monoisotopic (exact) mass is 343 g/mol. The van der Waals surface area contributed by atoms with Crippen LogP contribution < -0.4 is 14.8 Å². The van der Waals surface area contributed by atoms with E-state index in [4.69, 9.17) is 14.2 Å². The van der Waals surface area contributed by atoms with Gasteiger partial charge in [0.1, 0.15) is 18.1 Å². The van der Waals surface area contributed by atoms with Gasteiger partial charge >= 0.3 is 0 Å². The standard InChI is InChI=1S/C21H29NO3/c1-17(2)11-12-24-21-6-4-5-18(15-21)16-22-19-7-9-20(10-8-19)25-14-13-23-3/h4-10,15,17,22H,11-14,16H2,1-3H3. The number of benzene rings is 2. The zero-order valence-electron chi connectivity index (χ0n) is 15.5. The smallest absolute Gasteiger partial charge is 0.119 e. The molecule has 0 aromatic heterocycles. The number of methoxy groups -OCH3 is 1. The summed E-state index contributed by atoms with van der Waals surface area (Å²) in [6.07, 6.45) is 1.07. The Balaban J connectivity index is 1.80. The molecule has 0 bridgehead atoms. The van der Waals surface area contributed by atoms with Crippen molar-refractivity contribution >= 4 is 5.69 Å². The molecule has 0 unspecified atom stereocenters. The van der Waals surface area contributed by atoms with E-state index < -0.39 is 0 Å². The Bertz CT molecular complexity index is 611. The van der Waals surface area contributed by atoms with Gasteiger partial charge < -0.3 is 19.5 Å². The molecule has 4 heteroatoms. The van der Waals surface area contributed by atoms with Crippen LogP contribution in [0.25, 0.3) is 0 Å². The fraction of sp³-hybridized carbons (Fsp3) is 0.429. The van der Waals surface area contributed by atoms with E-state index in [1.165, 1.54) is 5.56 Å². The Labute approximate surface area is 151 Å². The van der Waals surface area contributed by atoms with Crippen molar-refractivity contribution in [3.63, 3.8) is 0 Å². The lowest BCUT2D eigenvalue weighted by atomic mass is 10.1. The van der Waals surface area contributed by atoms with Crippen LogP contribution >= 0.6 is 0 Å². The lowest BCUT2D eigenvalue weighted by Crippen LogP contribution is -2.04. The van der Waals surface area contributed by atoms with E-state index in [1.807, 2.05) is 36.4 Å². The van der Waals surface area contributed by atoms with Gasteiger partial charge in [0.15, 0.2) is 0 Å². The molecule has 2 aromatic rings. The molecule has 1 N–H and O–H groups in total. The number of rotatable bonds is 11. The van der Waals surface area contributed by atoms with Crippen LogP contribution in [-0.4, -0.2) is 26.9 Å². The normalized spacial score (nSPS) is 10.7. The summed E-state index contributed by atoms with van der Waals surface area (Å²) in [4.78, 5) is 0. The third kappa shape index (κ3) is 7.48. The van der Waals surface area contributed by atoms with E-state index in [-0.39, 0.29) is 0 Å². The minimum absolute atomic E-state index is 0.562. The number of hydrogen-bond acceptors (Lipinski definition) is 4. The number of hydrogen-bond donors (Lipinski definition) is 1. The maximum absolute atomic E-state index is 5.82. The van der Waals surface area contributed by atoms with Crippen molar-refractivity contribution in [1.29, 1.82) is 0 Å². The molecule has 2 aromatic carbocycles. The van der Waals surface area contributed by atoms with Crippen molar-refractivity contribution < 1.29 is 14.2 Å². The quantitative estimate of drug-likeness (QED) is 0.598. The molecule has 136 valence electrons. The molecule has 0 aliphatic carbocycles. The molecule has 0 fully saturated rings. The predicted molar refractivity (Wildman–Crippen MR) is 103 cm³/mol. The van der Waals surface area contributed by atoms with Gasteiger partial charge in [0.25, 0.3) is 0 Å². The molecule has 0 saturated carbocycles.